The van der Waals surface area contributed by atoms with E-state index in [1.54, 1.807) is 0 Å². The van der Waals surface area contributed by atoms with Gasteiger partial charge in [0.1, 0.15) is 0 Å². The van der Waals surface area contributed by atoms with Gasteiger partial charge in [-0.3, -0.25) is 4.99 Å². The van der Waals surface area contributed by atoms with E-state index in [1.807, 2.05) is 7.05 Å². The monoisotopic (exact) mass is 449 g/mol. The molecule has 1 saturated carbocycles. The van der Waals surface area contributed by atoms with Crippen LogP contribution in [0.5, 0.6) is 0 Å². The van der Waals surface area contributed by atoms with Gasteiger partial charge in [0.15, 0.2) is 5.96 Å². The summed E-state index contributed by atoms with van der Waals surface area (Å²) in [4.78, 5) is 7.10. The first-order valence-corrected chi connectivity index (χ1v) is 9.62. The van der Waals surface area contributed by atoms with Crippen LogP contribution in [0.2, 0.25) is 0 Å². The van der Waals surface area contributed by atoms with Crippen LogP contribution in [-0.4, -0.2) is 49.7 Å². The zero-order chi connectivity index (χ0) is 16.6. The molecule has 4 nitrogen and oxygen atoms in total. The highest BCUT2D eigenvalue weighted by molar-refractivity contribution is 14.0. The lowest BCUT2D eigenvalue weighted by atomic mass is 9.57. The van der Waals surface area contributed by atoms with Gasteiger partial charge in [-0.05, 0) is 24.7 Å². The first-order chi connectivity index (χ1) is 11.0. The van der Waals surface area contributed by atoms with Gasteiger partial charge < -0.3 is 15.0 Å². The summed E-state index contributed by atoms with van der Waals surface area (Å²) in [6, 6.07) is 0.501. The van der Waals surface area contributed by atoms with E-state index in [2.05, 4.69) is 42.9 Å². The average Bonchev–Trinajstić information content (AvgIpc) is 3.18. The van der Waals surface area contributed by atoms with Crippen LogP contribution in [0.15, 0.2) is 4.99 Å². The molecule has 2 saturated heterocycles. The molecule has 1 aliphatic carbocycles. The van der Waals surface area contributed by atoms with Gasteiger partial charge >= 0.3 is 0 Å². The van der Waals surface area contributed by atoms with Gasteiger partial charge in [0.2, 0.25) is 0 Å². The third-order valence-corrected chi connectivity index (χ3v) is 6.84. The Bertz CT molecular complexity index is 450. The van der Waals surface area contributed by atoms with E-state index in [4.69, 9.17) is 4.74 Å². The molecule has 5 heteroatoms. The van der Waals surface area contributed by atoms with Crippen molar-refractivity contribution in [3.63, 3.8) is 0 Å². The number of rotatable bonds is 4. The predicted octanol–water partition coefficient (Wildman–Crippen LogP) is 3.75. The summed E-state index contributed by atoms with van der Waals surface area (Å²) in [6.07, 6.45) is 5.55. The van der Waals surface area contributed by atoms with Crippen LogP contribution in [0.25, 0.3) is 0 Å². The van der Waals surface area contributed by atoms with Crippen LogP contribution in [-0.2, 0) is 4.74 Å². The van der Waals surface area contributed by atoms with Gasteiger partial charge in [-0.2, -0.15) is 0 Å². The largest absolute Gasteiger partial charge is 0.377 e. The third kappa shape index (κ3) is 3.44. The molecule has 1 N–H and O–H groups in total. The standard InChI is InChI=1S/C19H35N3O.HI/c1-6-13(7-2)14-8-10-22(12-14)18(20-5)21-16-15-9-11-23-17(15)19(16,3)4;/h13-17H,6-12H2,1-5H3,(H,20,21);1H. The first-order valence-electron chi connectivity index (χ1n) is 9.62. The number of ether oxygens (including phenoxy) is 1. The number of nitrogens with zero attached hydrogens (tertiary/aromatic N) is 2. The maximum absolute atomic E-state index is 5.92. The second kappa shape index (κ2) is 8.11. The second-order valence-electron chi connectivity index (χ2n) is 8.31. The number of halogens is 1. The molecule has 0 aromatic rings. The van der Waals surface area contributed by atoms with Crippen molar-refractivity contribution < 1.29 is 4.74 Å². The molecule has 3 aliphatic rings. The van der Waals surface area contributed by atoms with Crippen LogP contribution in [0, 0.1) is 23.2 Å². The number of nitrogens with one attached hydrogen (secondary N) is 1. The van der Waals surface area contributed by atoms with E-state index in [1.165, 1.54) is 32.2 Å². The number of likely N-dealkylation sites (tertiary alicyclic amines) is 1. The lowest BCUT2D eigenvalue weighted by Crippen LogP contribution is -2.68. The molecule has 2 heterocycles. The Morgan fingerprint density at radius 2 is 2.00 bits per heavy atom. The number of aliphatic imine (C=N–C) groups is 1. The van der Waals surface area contributed by atoms with Gasteiger partial charge in [-0.1, -0.05) is 40.5 Å². The maximum Gasteiger partial charge on any atom is 0.193 e. The van der Waals surface area contributed by atoms with Crippen molar-refractivity contribution in [1.82, 2.24) is 10.2 Å². The lowest BCUT2D eigenvalue weighted by molar-refractivity contribution is -0.107. The van der Waals surface area contributed by atoms with E-state index >= 15 is 0 Å². The zero-order valence-electron chi connectivity index (χ0n) is 16.0. The molecule has 2 aliphatic heterocycles. The van der Waals surface area contributed by atoms with Crippen molar-refractivity contribution in [3.8, 4) is 0 Å². The fourth-order valence-corrected chi connectivity index (χ4v) is 5.37. The van der Waals surface area contributed by atoms with Crippen molar-refractivity contribution in [1.29, 1.82) is 0 Å². The van der Waals surface area contributed by atoms with Crippen LogP contribution in [0.1, 0.15) is 53.4 Å². The summed E-state index contributed by atoms with van der Waals surface area (Å²) in [5.74, 6) is 3.48. The molecule has 0 amide bonds. The minimum Gasteiger partial charge on any atom is -0.377 e. The second-order valence-corrected chi connectivity index (χ2v) is 8.31. The number of hydrogen-bond acceptors (Lipinski definition) is 2. The third-order valence-electron chi connectivity index (χ3n) is 6.84. The molecule has 24 heavy (non-hydrogen) atoms. The fourth-order valence-electron chi connectivity index (χ4n) is 5.37. The minimum atomic E-state index is 0. The Labute approximate surface area is 165 Å². The van der Waals surface area contributed by atoms with Gasteiger partial charge in [-0.15, -0.1) is 24.0 Å². The van der Waals surface area contributed by atoms with Crippen LogP contribution < -0.4 is 5.32 Å². The summed E-state index contributed by atoms with van der Waals surface area (Å²) < 4.78 is 5.92. The average molecular weight is 449 g/mol. The molecular weight excluding hydrogens is 413 g/mol. The Hall–Kier alpha value is -0.0400. The normalized spacial score (nSPS) is 34.8. The molecule has 4 unspecified atom stereocenters. The van der Waals surface area contributed by atoms with Gasteiger partial charge in [0.05, 0.1) is 6.10 Å². The van der Waals surface area contributed by atoms with E-state index < -0.39 is 0 Å². The summed E-state index contributed by atoms with van der Waals surface area (Å²) in [5, 5.41) is 3.80. The molecule has 3 rings (SSSR count). The minimum absolute atomic E-state index is 0. The molecule has 0 bridgehead atoms. The van der Waals surface area contributed by atoms with Crippen LogP contribution in [0.3, 0.4) is 0 Å². The lowest BCUT2D eigenvalue weighted by Gasteiger charge is -2.55. The molecular formula is C19H36IN3O. The Morgan fingerprint density at radius 3 is 2.62 bits per heavy atom. The predicted molar refractivity (Wildman–Crippen MR) is 111 cm³/mol. The highest BCUT2D eigenvalue weighted by atomic mass is 127. The highest BCUT2D eigenvalue weighted by Crippen LogP contribution is 2.52. The van der Waals surface area contributed by atoms with E-state index in [0.717, 1.165) is 30.9 Å². The highest BCUT2D eigenvalue weighted by Gasteiger charge is 2.59. The Kier molecular flexibility index (Phi) is 6.85. The molecule has 3 fully saturated rings. The summed E-state index contributed by atoms with van der Waals surface area (Å²) in [6.45, 7) is 12.6. The molecule has 0 aromatic carbocycles. The van der Waals surface area contributed by atoms with Gasteiger partial charge in [-0.25, -0.2) is 0 Å². The summed E-state index contributed by atoms with van der Waals surface area (Å²) in [7, 11) is 1.93. The molecule has 0 radical (unpaired) electrons. The SMILES string of the molecule is CCC(CC)C1CCN(C(=NC)NC2C3CCOC3C2(C)C)C1.I. The fraction of sp³-hybridized carbons (Fsp3) is 0.947. The quantitative estimate of drug-likeness (QED) is 0.404. The molecule has 140 valence electrons. The van der Waals surface area contributed by atoms with Crippen LogP contribution in [0.4, 0.5) is 0 Å². The Morgan fingerprint density at radius 1 is 1.29 bits per heavy atom. The maximum atomic E-state index is 5.92. The summed E-state index contributed by atoms with van der Waals surface area (Å²) >= 11 is 0. The number of hydrogen-bond donors (Lipinski definition) is 1. The number of fused-ring (bicyclic) bond motifs is 1. The van der Waals surface area contributed by atoms with Crippen molar-refractivity contribution in [3.05, 3.63) is 0 Å². The van der Waals surface area contributed by atoms with Gasteiger partial charge in [0.25, 0.3) is 0 Å². The smallest absolute Gasteiger partial charge is 0.193 e. The van der Waals surface area contributed by atoms with Crippen molar-refractivity contribution in [2.75, 3.05) is 26.7 Å². The van der Waals surface area contributed by atoms with E-state index in [0.29, 0.717) is 18.1 Å². The van der Waals surface area contributed by atoms with Crippen molar-refractivity contribution >= 4 is 29.9 Å². The Balaban J connectivity index is 0.00000208. The summed E-state index contributed by atoms with van der Waals surface area (Å²) in [5.41, 5.74) is 0.214. The molecule has 4 atom stereocenters. The first kappa shape index (κ1) is 20.3. The van der Waals surface area contributed by atoms with Gasteiger partial charge in [0, 0.05) is 44.1 Å². The van der Waals surface area contributed by atoms with E-state index in [9.17, 15) is 0 Å². The topological polar surface area (TPSA) is 36.9 Å². The van der Waals surface area contributed by atoms with Crippen LogP contribution >= 0.6 is 24.0 Å². The van der Waals surface area contributed by atoms with Crippen molar-refractivity contribution in [2.45, 2.75) is 65.5 Å². The van der Waals surface area contributed by atoms with Crippen molar-refractivity contribution in [2.24, 2.45) is 28.2 Å². The van der Waals surface area contributed by atoms with E-state index in [-0.39, 0.29) is 29.4 Å². The zero-order valence-corrected chi connectivity index (χ0v) is 18.4. The molecule has 0 aromatic heterocycles. The number of guanidine groups is 1. The molecule has 0 spiro atoms.